The van der Waals surface area contributed by atoms with Crippen LogP contribution in [0.1, 0.15) is 27.3 Å². The monoisotopic (exact) mass is 346 g/mol. The van der Waals surface area contributed by atoms with E-state index in [1.54, 1.807) is 21.3 Å². The van der Waals surface area contributed by atoms with E-state index in [9.17, 15) is 4.79 Å². The average Bonchev–Trinajstić information content (AvgIpc) is 3.09. The molecule has 1 aromatic carbocycles. The molecule has 1 amide bonds. The van der Waals surface area contributed by atoms with Gasteiger partial charge in [0.2, 0.25) is 5.75 Å². The summed E-state index contributed by atoms with van der Waals surface area (Å²) in [7, 11) is 4.67. The first-order valence-corrected chi connectivity index (χ1v) is 8.01. The van der Waals surface area contributed by atoms with E-state index in [1.807, 2.05) is 12.1 Å². The Morgan fingerprint density at radius 3 is 2.56 bits per heavy atom. The third kappa shape index (κ3) is 3.39. The maximum Gasteiger partial charge on any atom is 0.272 e. The van der Waals surface area contributed by atoms with Gasteiger partial charge in [-0.3, -0.25) is 9.89 Å². The molecule has 8 heteroatoms. The molecule has 8 nitrogen and oxygen atoms in total. The highest BCUT2D eigenvalue weighted by Crippen LogP contribution is 2.38. The Morgan fingerprint density at radius 1 is 1.20 bits per heavy atom. The summed E-state index contributed by atoms with van der Waals surface area (Å²) in [4.78, 5) is 12.5. The van der Waals surface area contributed by atoms with Crippen molar-refractivity contribution in [2.45, 2.75) is 19.5 Å². The summed E-state index contributed by atoms with van der Waals surface area (Å²) in [5, 5.41) is 13.3. The van der Waals surface area contributed by atoms with E-state index in [4.69, 9.17) is 14.2 Å². The zero-order chi connectivity index (χ0) is 17.8. The van der Waals surface area contributed by atoms with E-state index >= 15 is 0 Å². The number of benzene rings is 1. The summed E-state index contributed by atoms with van der Waals surface area (Å²) in [6.07, 6.45) is 0.850. The topological polar surface area (TPSA) is 97.5 Å². The Labute approximate surface area is 145 Å². The van der Waals surface area contributed by atoms with Crippen LogP contribution in [-0.4, -0.2) is 44.0 Å². The number of rotatable bonds is 6. The van der Waals surface area contributed by atoms with Gasteiger partial charge in [0, 0.05) is 37.3 Å². The Kier molecular flexibility index (Phi) is 5.08. The molecule has 0 atom stereocenters. The molecule has 2 aromatic rings. The van der Waals surface area contributed by atoms with Crippen LogP contribution in [0.3, 0.4) is 0 Å². The van der Waals surface area contributed by atoms with Gasteiger partial charge in [0.15, 0.2) is 17.2 Å². The van der Waals surface area contributed by atoms with Crippen molar-refractivity contribution in [1.29, 1.82) is 0 Å². The van der Waals surface area contributed by atoms with Gasteiger partial charge in [-0.2, -0.15) is 5.10 Å². The summed E-state index contributed by atoms with van der Waals surface area (Å²) in [5.74, 6) is 1.40. The Balaban J connectivity index is 1.75. The minimum atomic E-state index is -0.213. The van der Waals surface area contributed by atoms with E-state index in [2.05, 4.69) is 20.8 Å². The van der Waals surface area contributed by atoms with Crippen molar-refractivity contribution in [3.8, 4) is 17.2 Å². The molecule has 0 fully saturated rings. The SMILES string of the molecule is COc1cc(CNC(=O)c2n[nH]c3c2CNCC3)cc(OC)c1OC. The number of methoxy groups -OCH3 is 3. The summed E-state index contributed by atoms with van der Waals surface area (Å²) in [5.41, 5.74) is 3.24. The second kappa shape index (κ2) is 7.43. The van der Waals surface area contributed by atoms with E-state index < -0.39 is 0 Å². The van der Waals surface area contributed by atoms with Gasteiger partial charge in [-0.15, -0.1) is 0 Å². The van der Waals surface area contributed by atoms with Crippen LogP contribution in [-0.2, 0) is 19.5 Å². The molecule has 2 heterocycles. The molecule has 0 saturated carbocycles. The van der Waals surface area contributed by atoms with Crippen LogP contribution in [0.15, 0.2) is 12.1 Å². The summed E-state index contributed by atoms with van der Waals surface area (Å²) in [6, 6.07) is 3.62. The zero-order valence-corrected chi connectivity index (χ0v) is 14.6. The molecule has 1 aromatic heterocycles. The quantitative estimate of drug-likeness (QED) is 0.722. The van der Waals surface area contributed by atoms with Crippen LogP contribution in [0.4, 0.5) is 0 Å². The number of H-pyrrole nitrogens is 1. The number of carbonyl (C=O) groups excluding carboxylic acids is 1. The zero-order valence-electron chi connectivity index (χ0n) is 14.6. The lowest BCUT2D eigenvalue weighted by atomic mass is 10.1. The Morgan fingerprint density at radius 2 is 1.92 bits per heavy atom. The van der Waals surface area contributed by atoms with Gasteiger partial charge in [0.25, 0.3) is 5.91 Å². The number of hydrogen-bond acceptors (Lipinski definition) is 6. The summed E-state index contributed by atoms with van der Waals surface area (Å²) < 4.78 is 16.0. The molecule has 0 saturated heterocycles. The molecule has 0 bridgehead atoms. The first kappa shape index (κ1) is 17.1. The average molecular weight is 346 g/mol. The molecule has 0 aliphatic carbocycles. The minimum Gasteiger partial charge on any atom is -0.493 e. The molecule has 1 aliphatic rings. The number of carbonyl (C=O) groups is 1. The molecule has 0 unspecified atom stereocenters. The fourth-order valence-electron chi connectivity index (χ4n) is 2.92. The van der Waals surface area contributed by atoms with Gasteiger partial charge in [-0.05, 0) is 17.7 Å². The molecule has 134 valence electrons. The van der Waals surface area contributed by atoms with Crippen LogP contribution in [0.25, 0.3) is 0 Å². The van der Waals surface area contributed by atoms with Gasteiger partial charge >= 0.3 is 0 Å². The Hall–Kier alpha value is -2.74. The third-order valence-electron chi connectivity index (χ3n) is 4.20. The number of fused-ring (bicyclic) bond motifs is 1. The fraction of sp³-hybridized carbons (Fsp3) is 0.412. The minimum absolute atomic E-state index is 0.213. The second-order valence-corrected chi connectivity index (χ2v) is 5.67. The predicted molar refractivity (Wildman–Crippen MR) is 91.3 cm³/mol. The third-order valence-corrected chi connectivity index (χ3v) is 4.20. The van der Waals surface area contributed by atoms with E-state index in [0.29, 0.717) is 36.0 Å². The number of aromatic amines is 1. The van der Waals surface area contributed by atoms with Crippen LogP contribution in [0.5, 0.6) is 17.2 Å². The van der Waals surface area contributed by atoms with E-state index in [-0.39, 0.29) is 5.91 Å². The lowest BCUT2D eigenvalue weighted by Crippen LogP contribution is -2.28. The molecule has 3 rings (SSSR count). The Bertz CT molecular complexity index is 747. The fourth-order valence-corrected chi connectivity index (χ4v) is 2.92. The summed E-state index contributed by atoms with van der Waals surface area (Å²) >= 11 is 0. The highest BCUT2D eigenvalue weighted by atomic mass is 16.5. The smallest absolute Gasteiger partial charge is 0.272 e. The van der Waals surface area contributed by atoms with Gasteiger partial charge in [0.05, 0.1) is 21.3 Å². The number of amides is 1. The van der Waals surface area contributed by atoms with Crippen molar-refractivity contribution in [2.24, 2.45) is 0 Å². The van der Waals surface area contributed by atoms with Gasteiger partial charge in [0.1, 0.15) is 0 Å². The number of ether oxygens (including phenoxy) is 3. The number of nitrogens with one attached hydrogen (secondary N) is 3. The van der Waals surface area contributed by atoms with Crippen LogP contribution < -0.4 is 24.8 Å². The summed E-state index contributed by atoms with van der Waals surface area (Å²) in [6.45, 7) is 1.87. The number of aromatic nitrogens is 2. The first-order valence-electron chi connectivity index (χ1n) is 8.01. The number of nitrogens with zero attached hydrogens (tertiary/aromatic N) is 1. The molecular formula is C17H22N4O4. The van der Waals surface area contributed by atoms with Crippen molar-refractivity contribution in [2.75, 3.05) is 27.9 Å². The molecule has 0 spiro atoms. The highest BCUT2D eigenvalue weighted by Gasteiger charge is 2.21. The molecule has 1 aliphatic heterocycles. The van der Waals surface area contributed by atoms with Gasteiger partial charge in [-0.1, -0.05) is 0 Å². The second-order valence-electron chi connectivity index (χ2n) is 5.67. The van der Waals surface area contributed by atoms with Crippen LogP contribution in [0, 0.1) is 0 Å². The lowest BCUT2D eigenvalue weighted by Gasteiger charge is -2.15. The van der Waals surface area contributed by atoms with E-state index in [1.165, 1.54) is 0 Å². The highest BCUT2D eigenvalue weighted by molar-refractivity contribution is 5.94. The van der Waals surface area contributed by atoms with Gasteiger partial charge in [-0.25, -0.2) is 0 Å². The van der Waals surface area contributed by atoms with E-state index in [0.717, 1.165) is 29.8 Å². The van der Waals surface area contributed by atoms with Crippen molar-refractivity contribution < 1.29 is 19.0 Å². The normalized spacial score (nSPS) is 13.1. The molecular weight excluding hydrogens is 324 g/mol. The van der Waals surface area contributed by atoms with Crippen molar-refractivity contribution in [1.82, 2.24) is 20.8 Å². The molecule has 0 radical (unpaired) electrons. The largest absolute Gasteiger partial charge is 0.493 e. The molecule has 25 heavy (non-hydrogen) atoms. The molecule has 3 N–H and O–H groups in total. The standard InChI is InChI=1S/C17H22N4O4/c1-23-13-6-10(7-14(24-2)16(13)25-3)8-19-17(22)15-11-9-18-5-4-12(11)20-21-15/h6-7,18H,4-5,8-9H2,1-3H3,(H,19,22)(H,20,21). The van der Waals surface area contributed by atoms with Crippen LogP contribution in [0.2, 0.25) is 0 Å². The first-order chi connectivity index (χ1) is 12.2. The van der Waals surface area contributed by atoms with Crippen molar-refractivity contribution in [3.05, 3.63) is 34.6 Å². The van der Waals surface area contributed by atoms with Crippen LogP contribution >= 0.6 is 0 Å². The predicted octanol–water partition coefficient (Wildman–Crippen LogP) is 1.01. The van der Waals surface area contributed by atoms with Crippen molar-refractivity contribution >= 4 is 5.91 Å². The maximum atomic E-state index is 12.5. The van der Waals surface area contributed by atoms with Gasteiger partial charge < -0.3 is 24.8 Å². The van der Waals surface area contributed by atoms with Crippen molar-refractivity contribution in [3.63, 3.8) is 0 Å². The number of hydrogen-bond donors (Lipinski definition) is 3. The maximum absolute atomic E-state index is 12.5. The lowest BCUT2D eigenvalue weighted by molar-refractivity contribution is 0.0944.